The Kier molecular flexibility index (Phi) is 5.31. The molecule has 0 saturated heterocycles. The van der Waals surface area contributed by atoms with Crippen LogP contribution in [-0.2, 0) is 11.2 Å². The summed E-state index contributed by atoms with van der Waals surface area (Å²) in [6, 6.07) is 12.0. The minimum absolute atomic E-state index is 0.117. The summed E-state index contributed by atoms with van der Waals surface area (Å²) in [6.45, 7) is 4.28. The number of methoxy groups -OCH3 is 2. The highest BCUT2D eigenvalue weighted by Crippen LogP contribution is 2.53. The van der Waals surface area contributed by atoms with E-state index in [1.165, 1.54) is 5.56 Å². The number of benzene rings is 2. The van der Waals surface area contributed by atoms with Gasteiger partial charge in [0.1, 0.15) is 17.6 Å². The molecule has 0 fully saturated rings. The largest absolute Gasteiger partial charge is 0.497 e. The Balaban J connectivity index is 2.08. The normalized spacial score (nSPS) is 17.3. The molecule has 0 aliphatic heterocycles. The molecule has 1 aliphatic carbocycles. The number of hydrogen-bond donors (Lipinski definition) is 1. The van der Waals surface area contributed by atoms with E-state index in [9.17, 15) is 4.79 Å². The molecule has 0 radical (unpaired) electrons. The van der Waals surface area contributed by atoms with Gasteiger partial charge >= 0.3 is 6.09 Å². The fourth-order valence-electron chi connectivity index (χ4n) is 4.20. The molecule has 144 valence electrons. The van der Waals surface area contributed by atoms with Crippen molar-refractivity contribution in [3.8, 4) is 22.6 Å². The van der Waals surface area contributed by atoms with Gasteiger partial charge in [0, 0.05) is 11.0 Å². The first-order valence-corrected chi connectivity index (χ1v) is 9.29. The number of carbonyl (C=O) groups excluding carboxylic acids is 1. The Labute approximate surface area is 160 Å². The molecule has 0 spiro atoms. The van der Waals surface area contributed by atoms with E-state index in [4.69, 9.17) is 19.9 Å². The fraction of sp³-hybridized carbons (Fsp3) is 0.409. The second-order valence-electron chi connectivity index (χ2n) is 7.04. The Hall–Kier alpha value is -2.69. The predicted molar refractivity (Wildman–Crippen MR) is 105 cm³/mol. The molecular formula is C22H27NO4. The van der Waals surface area contributed by atoms with Crippen molar-refractivity contribution in [3.05, 3.63) is 47.5 Å². The van der Waals surface area contributed by atoms with Crippen LogP contribution in [0.15, 0.2) is 36.4 Å². The minimum atomic E-state index is -0.724. The third kappa shape index (κ3) is 3.34. The Bertz CT molecular complexity index is 842. The van der Waals surface area contributed by atoms with E-state index < -0.39 is 6.09 Å². The number of primary amides is 1. The van der Waals surface area contributed by atoms with Crippen molar-refractivity contribution in [3.63, 3.8) is 0 Å². The smallest absolute Gasteiger partial charge is 0.405 e. The molecule has 1 aliphatic rings. The van der Waals surface area contributed by atoms with Crippen LogP contribution in [0.25, 0.3) is 11.1 Å². The lowest BCUT2D eigenvalue weighted by Crippen LogP contribution is -2.30. The Morgan fingerprint density at radius 3 is 2.44 bits per heavy atom. The standard InChI is InChI=1S/C22H27NO4/c1-5-22(6-2)13-15-11-14(7-9-17(15)20(22)27-21(23)24)18-12-16(25-3)8-10-19(18)26-4/h7-12,20H,5-6,13H2,1-4H3,(H2,23,24). The summed E-state index contributed by atoms with van der Waals surface area (Å²) in [6.07, 6.45) is 1.65. The van der Waals surface area contributed by atoms with Crippen molar-refractivity contribution in [2.75, 3.05) is 14.2 Å². The summed E-state index contributed by atoms with van der Waals surface area (Å²) in [5.41, 5.74) is 9.49. The zero-order chi connectivity index (χ0) is 19.6. The summed E-state index contributed by atoms with van der Waals surface area (Å²) in [7, 11) is 3.31. The zero-order valence-corrected chi connectivity index (χ0v) is 16.4. The fourth-order valence-corrected chi connectivity index (χ4v) is 4.20. The first kappa shape index (κ1) is 19.1. The SMILES string of the molecule is CCC1(CC)Cc2cc(-c3cc(OC)ccc3OC)ccc2C1OC(N)=O. The maximum absolute atomic E-state index is 11.5. The Morgan fingerprint density at radius 1 is 1.11 bits per heavy atom. The topological polar surface area (TPSA) is 70.8 Å². The number of amides is 1. The van der Waals surface area contributed by atoms with Gasteiger partial charge in [-0.3, -0.25) is 0 Å². The summed E-state index contributed by atoms with van der Waals surface area (Å²) in [4.78, 5) is 11.5. The van der Waals surface area contributed by atoms with Gasteiger partial charge in [0.05, 0.1) is 14.2 Å². The molecule has 0 aromatic heterocycles. The second-order valence-corrected chi connectivity index (χ2v) is 7.04. The van der Waals surface area contributed by atoms with Gasteiger partial charge in [0.25, 0.3) is 0 Å². The van der Waals surface area contributed by atoms with Crippen LogP contribution in [-0.4, -0.2) is 20.3 Å². The maximum atomic E-state index is 11.5. The molecule has 5 heteroatoms. The van der Waals surface area contributed by atoms with E-state index in [0.717, 1.165) is 47.5 Å². The lowest BCUT2D eigenvalue weighted by molar-refractivity contribution is 0.0140. The molecule has 3 rings (SSSR count). The summed E-state index contributed by atoms with van der Waals surface area (Å²) >= 11 is 0. The van der Waals surface area contributed by atoms with Crippen molar-refractivity contribution in [2.24, 2.45) is 11.1 Å². The monoisotopic (exact) mass is 369 g/mol. The Morgan fingerprint density at radius 2 is 1.85 bits per heavy atom. The molecule has 0 heterocycles. The van der Waals surface area contributed by atoms with Crippen LogP contribution < -0.4 is 15.2 Å². The van der Waals surface area contributed by atoms with Crippen molar-refractivity contribution in [2.45, 2.75) is 39.2 Å². The third-order valence-corrected chi connectivity index (χ3v) is 5.88. The molecule has 27 heavy (non-hydrogen) atoms. The average molecular weight is 369 g/mol. The molecular weight excluding hydrogens is 342 g/mol. The van der Waals surface area contributed by atoms with Crippen LogP contribution in [0.2, 0.25) is 0 Å². The quantitative estimate of drug-likeness (QED) is 0.788. The van der Waals surface area contributed by atoms with Crippen LogP contribution in [0.3, 0.4) is 0 Å². The van der Waals surface area contributed by atoms with Gasteiger partial charge in [0.15, 0.2) is 0 Å². The highest BCUT2D eigenvalue weighted by molar-refractivity contribution is 5.73. The lowest BCUT2D eigenvalue weighted by atomic mass is 9.77. The van der Waals surface area contributed by atoms with Crippen molar-refractivity contribution >= 4 is 6.09 Å². The molecule has 0 bridgehead atoms. The molecule has 1 unspecified atom stereocenters. The second kappa shape index (κ2) is 7.51. The predicted octanol–water partition coefficient (Wildman–Crippen LogP) is 4.87. The molecule has 2 aromatic rings. The van der Waals surface area contributed by atoms with Gasteiger partial charge in [-0.05, 0) is 54.2 Å². The highest BCUT2D eigenvalue weighted by atomic mass is 16.6. The number of rotatable bonds is 6. The van der Waals surface area contributed by atoms with Crippen LogP contribution in [0, 0.1) is 5.41 Å². The van der Waals surface area contributed by atoms with Crippen molar-refractivity contribution in [1.29, 1.82) is 0 Å². The van der Waals surface area contributed by atoms with Gasteiger partial charge < -0.3 is 19.9 Å². The summed E-state index contributed by atoms with van der Waals surface area (Å²) in [5, 5.41) is 0. The molecule has 5 nitrogen and oxygen atoms in total. The number of fused-ring (bicyclic) bond motifs is 1. The van der Waals surface area contributed by atoms with Gasteiger partial charge in [-0.25, -0.2) is 4.79 Å². The molecule has 2 aromatic carbocycles. The van der Waals surface area contributed by atoms with E-state index in [1.54, 1.807) is 14.2 Å². The minimum Gasteiger partial charge on any atom is -0.497 e. The van der Waals surface area contributed by atoms with Crippen LogP contribution in [0.5, 0.6) is 11.5 Å². The molecule has 0 saturated carbocycles. The number of hydrogen-bond acceptors (Lipinski definition) is 4. The van der Waals surface area contributed by atoms with Gasteiger partial charge in [-0.1, -0.05) is 32.0 Å². The average Bonchev–Trinajstić information content (AvgIpc) is 3.00. The van der Waals surface area contributed by atoms with Gasteiger partial charge in [-0.15, -0.1) is 0 Å². The zero-order valence-electron chi connectivity index (χ0n) is 16.4. The van der Waals surface area contributed by atoms with Crippen molar-refractivity contribution < 1.29 is 19.0 Å². The molecule has 1 atom stereocenters. The molecule has 2 N–H and O–H groups in total. The summed E-state index contributed by atoms with van der Waals surface area (Å²) < 4.78 is 16.5. The molecule has 1 amide bonds. The maximum Gasteiger partial charge on any atom is 0.405 e. The van der Waals surface area contributed by atoms with Crippen LogP contribution in [0.1, 0.15) is 43.9 Å². The number of nitrogens with two attached hydrogens (primary N) is 1. The highest BCUT2D eigenvalue weighted by Gasteiger charge is 2.46. The van der Waals surface area contributed by atoms with E-state index in [0.29, 0.717) is 0 Å². The van der Waals surface area contributed by atoms with E-state index in [2.05, 4.69) is 19.9 Å². The van der Waals surface area contributed by atoms with Crippen molar-refractivity contribution in [1.82, 2.24) is 0 Å². The van der Waals surface area contributed by atoms with Gasteiger partial charge in [-0.2, -0.15) is 0 Å². The van der Waals surface area contributed by atoms with Crippen LogP contribution in [0.4, 0.5) is 4.79 Å². The summed E-state index contributed by atoms with van der Waals surface area (Å²) in [5.74, 6) is 1.56. The number of ether oxygens (including phenoxy) is 3. The first-order valence-electron chi connectivity index (χ1n) is 9.29. The number of carbonyl (C=O) groups is 1. The first-order chi connectivity index (χ1) is 13.0. The van der Waals surface area contributed by atoms with E-state index in [-0.39, 0.29) is 11.5 Å². The van der Waals surface area contributed by atoms with Gasteiger partial charge in [0.2, 0.25) is 0 Å². The van der Waals surface area contributed by atoms with E-state index in [1.807, 2.05) is 30.3 Å². The van der Waals surface area contributed by atoms with Crippen LogP contribution >= 0.6 is 0 Å². The third-order valence-electron chi connectivity index (χ3n) is 5.88. The van der Waals surface area contributed by atoms with E-state index >= 15 is 0 Å². The lowest BCUT2D eigenvalue weighted by Gasteiger charge is -2.32.